The number of rotatable bonds is 12. The Bertz CT molecular complexity index is 1970. The van der Waals surface area contributed by atoms with E-state index in [1.807, 2.05) is 24.3 Å². The fourth-order valence-corrected chi connectivity index (χ4v) is 9.52. The quantitative estimate of drug-likeness (QED) is 0.149. The molecule has 5 rings (SSSR count). The first-order chi connectivity index (χ1) is 24.8. The Morgan fingerprint density at radius 3 is 1.91 bits per heavy atom. The van der Waals surface area contributed by atoms with Gasteiger partial charge in [0.1, 0.15) is 0 Å². The molecule has 0 radical (unpaired) electrons. The Hall–Kier alpha value is -4.35. The van der Waals surface area contributed by atoms with Crippen molar-refractivity contribution in [2.24, 2.45) is 28.6 Å². The van der Waals surface area contributed by atoms with Gasteiger partial charge in [-0.05, 0) is 140 Å². The number of nitrogens with two attached hydrogens (primary N) is 1. The average Bonchev–Trinajstić information content (AvgIpc) is 3.12. The van der Waals surface area contributed by atoms with E-state index in [1.165, 1.54) is 33.4 Å². The summed E-state index contributed by atoms with van der Waals surface area (Å²) in [5, 5.41) is 9.56. The third kappa shape index (κ3) is 7.69. The maximum Gasteiger partial charge on any atom is 0.0991 e. The van der Waals surface area contributed by atoms with E-state index in [0.717, 1.165) is 35.2 Å². The summed E-state index contributed by atoms with van der Waals surface area (Å²) in [4.78, 5) is 0. The van der Waals surface area contributed by atoms with Crippen molar-refractivity contribution in [3.63, 3.8) is 0 Å². The Labute approximate surface area is 322 Å². The molecule has 2 nitrogen and oxygen atoms in total. The molecule has 53 heavy (non-hydrogen) atoms. The van der Waals surface area contributed by atoms with Gasteiger partial charge in [-0.1, -0.05) is 155 Å². The maximum atomic E-state index is 9.56. The van der Waals surface area contributed by atoms with Crippen LogP contribution in [0.4, 0.5) is 5.69 Å². The number of anilines is 1. The standard InChI is InChI=1S/C51H64N2/c1-32(2)40-17-19-42(20-18-40)48(50(11,12)49(9,10)31-51(13,33(3)4)43-23-14-38(30-52)15-24-43)47-37(8)35(6)36(7)45-27-16-39(29-46(45)47)28-34(5)41-21-25-44(53)26-22-41/h14-27,29,33,35-37,47-48H,1,5,28,31,53H2,2-4,6-13H3. The fraction of sp³-hybridized carbons (Fsp3) is 0.431. The second-order valence-electron chi connectivity index (χ2n) is 18.3. The van der Waals surface area contributed by atoms with Crippen LogP contribution in [0.25, 0.3) is 11.1 Å². The second kappa shape index (κ2) is 15.2. The van der Waals surface area contributed by atoms with Crippen molar-refractivity contribution in [3.05, 3.63) is 149 Å². The van der Waals surface area contributed by atoms with Crippen LogP contribution >= 0.6 is 0 Å². The number of allylic oxidation sites excluding steroid dienone is 2. The van der Waals surface area contributed by atoms with Crippen molar-refractivity contribution in [3.8, 4) is 6.07 Å². The van der Waals surface area contributed by atoms with Gasteiger partial charge in [-0.3, -0.25) is 0 Å². The number of hydrogen-bond acceptors (Lipinski definition) is 2. The Morgan fingerprint density at radius 1 is 0.774 bits per heavy atom. The zero-order valence-electron chi connectivity index (χ0n) is 34.5. The second-order valence-corrected chi connectivity index (χ2v) is 18.3. The molecule has 6 atom stereocenters. The molecule has 0 aliphatic heterocycles. The Balaban J connectivity index is 1.67. The number of nitrogen functional groups attached to an aromatic ring is 1. The van der Waals surface area contributed by atoms with E-state index in [1.54, 1.807) is 0 Å². The molecule has 4 aromatic rings. The minimum Gasteiger partial charge on any atom is -0.399 e. The van der Waals surface area contributed by atoms with Crippen LogP contribution in [-0.2, 0) is 11.8 Å². The molecule has 278 valence electrons. The third-order valence-electron chi connectivity index (χ3n) is 14.3. The number of benzene rings is 4. The largest absolute Gasteiger partial charge is 0.399 e. The van der Waals surface area contributed by atoms with E-state index in [9.17, 15) is 5.26 Å². The van der Waals surface area contributed by atoms with E-state index in [0.29, 0.717) is 35.2 Å². The van der Waals surface area contributed by atoms with Crippen molar-refractivity contribution in [2.75, 3.05) is 5.73 Å². The van der Waals surface area contributed by atoms with Crippen molar-refractivity contribution in [1.82, 2.24) is 0 Å². The summed E-state index contributed by atoms with van der Waals surface area (Å²) in [6.45, 7) is 35.6. The number of hydrogen-bond donors (Lipinski definition) is 1. The molecule has 1 aliphatic rings. The topological polar surface area (TPSA) is 49.8 Å². The molecule has 6 unspecified atom stereocenters. The first-order valence-corrected chi connectivity index (χ1v) is 19.7. The van der Waals surface area contributed by atoms with Crippen LogP contribution in [0.3, 0.4) is 0 Å². The van der Waals surface area contributed by atoms with Crippen molar-refractivity contribution >= 4 is 16.8 Å². The predicted molar refractivity (Wildman–Crippen MR) is 229 cm³/mol. The first kappa shape index (κ1) is 39.8. The molecule has 0 heterocycles. The first-order valence-electron chi connectivity index (χ1n) is 19.7. The minimum atomic E-state index is -0.124. The SMILES string of the molecule is C=C(C)c1ccc(C(C2c3cc(CC(=C)c4ccc(N)cc4)ccc3C(C)C(C)C2C)C(C)(C)C(C)(C)CC(C)(c2ccc(C#N)cc2)C(C)C)cc1. The molecule has 0 aromatic heterocycles. The lowest BCUT2D eigenvalue weighted by Crippen LogP contribution is -2.47. The van der Waals surface area contributed by atoms with Gasteiger partial charge >= 0.3 is 0 Å². The fourth-order valence-electron chi connectivity index (χ4n) is 9.52. The molecule has 0 amide bonds. The molecule has 0 saturated heterocycles. The van der Waals surface area contributed by atoms with Gasteiger partial charge in [-0.15, -0.1) is 0 Å². The van der Waals surface area contributed by atoms with Gasteiger partial charge in [-0.25, -0.2) is 0 Å². The van der Waals surface area contributed by atoms with Gasteiger partial charge in [0.05, 0.1) is 11.6 Å². The molecule has 0 saturated carbocycles. The highest BCUT2D eigenvalue weighted by atomic mass is 14.6. The highest BCUT2D eigenvalue weighted by molar-refractivity contribution is 5.67. The van der Waals surface area contributed by atoms with Crippen molar-refractivity contribution < 1.29 is 0 Å². The summed E-state index contributed by atoms with van der Waals surface area (Å²) in [6.07, 6.45) is 1.81. The number of nitriles is 1. The van der Waals surface area contributed by atoms with Gasteiger partial charge in [0.15, 0.2) is 0 Å². The van der Waals surface area contributed by atoms with Crippen LogP contribution in [0.2, 0.25) is 0 Å². The van der Waals surface area contributed by atoms with Gasteiger partial charge in [0, 0.05) is 5.69 Å². The molecule has 0 fully saturated rings. The van der Waals surface area contributed by atoms with Crippen LogP contribution in [0.5, 0.6) is 0 Å². The van der Waals surface area contributed by atoms with Gasteiger partial charge < -0.3 is 5.73 Å². The van der Waals surface area contributed by atoms with Crippen LogP contribution in [0, 0.1) is 39.9 Å². The highest BCUT2D eigenvalue weighted by Gasteiger charge is 2.53. The molecule has 0 bridgehead atoms. The van der Waals surface area contributed by atoms with Crippen LogP contribution in [-0.4, -0.2) is 0 Å². The molecule has 2 heteroatoms. The summed E-state index contributed by atoms with van der Waals surface area (Å²) < 4.78 is 0. The summed E-state index contributed by atoms with van der Waals surface area (Å²) in [7, 11) is 0. The lowest BCUT2D eigenvalue weighted by Gasteiger charge is -2.56. The smallest absolute Gasteiger partial charge is 0.0991 e. The normalized spacial score (nSPS) is 20.6. The lowest BCUT2D eigenvalue weighted by molar-refractivity contribution is 0.0121. The number of nitrogens with zero attached hydrogens (tertiary/aromatic N) is 1. The van der Waals surface area contributed by atoms with Crippen molar-refractivity contribution in [2.45, 2.75) is 112 Å². The summed E-state index contributed by atoms with van der Waals surface area (Å²) in [6, 6.07) is 35.5. The summed E-state index contributed by atoms with van der Waals surface area (Å²) in [5.41, 5.74) is 18.8. The van der Waals surface area contributed by atoms with E-state index in [4.69, 9.17) is 5.73 Å². The van der Waals surface area contributed by atoms with Crippen LogP contribution in [0.15, 0.2) is 104 Å². The molecular formula is C51H64N2. The monoisotopic (exact) mass is 705 g/mol. The predicted octanol–water partition coefficient (Wildman–Crippen LogP) is 13.7. The average molecular weight is 705 g/mol. The van der Waals surface area contributed by atoms with Gasteiger partial charge in [0.2, 0.25) is 0 Å². The molecule has 0 spiro atoms. The minimum absolute atomic E-state index is 0.0785. The number of fused-ring (bicyclic) bond motifs is 1. The zero-order valence-corrected chi connectivity index (χ0v) is 34.5. The third-order valence-corrected chi connectivity index (χ3v) is 14.3. The maximum absolute atomic E-state index is 9.56. The summed E-state index contributed by atoms with van der Waals surface area (Å²) >= 11 is 0. The van der Waals surface area contributed by atoms with E-state index in [-0.39, 0.29) is 22.2 Å². The van der Waals surface area contributed by atoms with Gasteiger partial charge in [0.25, 0.3) is 0 Å². The van der Waals surface area contributed by atoms with Crippen LogP contribution in [0.1, 0.15) is 145 Å². The molecule has 1 aliphatic carbocycles. The molecular weight excluding hydrogens is 641 g/mol. The van der Waals surface area contributed by atoms with Gasteiger partial charge in [-0.2, -0.15) is 5.26 Å². The van der Waals surface area contributed by atoms with E-state index < -0.39 is 0 Å². The van der Waals surface area contributed by atoms with Crippen molar-refractivity contribution in [1.29, 1.82) is 5.26 Å². The van der Waals surface area contributed by atoms with E-state index >= 15 is 0 Å². The van der Waals surface area contributed by atoms with Crippen LogP contribution < -0.4 is 5.73 Å². The van der Waals surface area contributed by atoms with E-state index in [2.05, 4.69) is 162 Å². The molecule has 2 N–H and O–H groups in total. The zero-order chi connectivity index (χ0) is 39.0. The lowest BCUT2D eigenvalue weighted by atomic mass is 9.48. The highest BCUT2D eigenvalue weighted by Crippen LogP contribution is 2.63. The Morgan fingerprint density at radius 2 is 1.36 bits per heavy atom. The Kier molecular flexibility index (Phi) is 11.4. The molecule has 4 aromatic carbocycles. The summed E-state index contributed by atoms with van der Waals surface area (Å²) in [5.74, 6) is 2.42.